The lowest BCUT2D eigenvalue weighted by molar-refractivity contribution is 0.376. The Balaban J connectivity index is 1.92. The molecule has 1 saturated heterocycles. The van der Waals surface area contributed by atoms with E-state index in [-0.39, 0.29) is 0 Å². The lowest BCUT2D eigenvalue weighted by atomic mass is 9.93. The van der Waals surface area contributed by atoms with Gasteiger partial charge in [0, 0.05) is 6.20 Å². The molecule has 1 aliphatic rings. The first-order valence-corrected chi connectivity index (χ1v) is 5.95. The van der Waals surface area contributed by atoms with Crippen LogP contribution in [-0.2, 0) is 6.42 Å². The molecule has 1 aromatic rings. The zero-order chi connectivity index (χ0) is 9.80. The first-order chi connectivity index (χ1) is 6.84. The molecule has 0 aliphatic carbocycles. The van der Waals surface area contributed by atoms with E-state index in [9.17, 15) is 0 Å². The summed E-state index contributed by atoms with van der Waals surface area (Å²) < 4.78 is 0.919. The van der Waals surface area contributed by atoms with E-state index in [1.54, 1.807) is 0 Å². The van der Waals surface area contributed by atoms with Gasteiger partial charge in [-0.25, -0.2) is 4.98 Å². The maximum atomic E-state index is 4.24. The average molecular weight is 255 g/mol. The van der Waals surface area contributed by atoms with Crippen molar-refractivity contribution in [1.29, 1.82) is 0 Å². The van der Waals surface area contributed by atoms with Gasteiger partial charge in [0.1, 0.15) is 4.60 Å². The first kappa shape index (κ1) is 10.1. The maximum Gasteiger partial charge on any atom is 0.106 e. The van der Waals surface area contributed by atoms with Crippen molar-refractivity contribution in [1.82, 2.24) is 10.3 Å². The van der Waals surface area contributed by atoms with Crippen LogP contribution in [0.4, 0.5) is 0 Å². The fourth-order valence-corrected chi connectivity index (χ4v) is 2.19. The van der Waals surface area contributed by atoms with Crippen molar-refractivity contribution in [2.24, 2.45) is 5.92 Å². The molecule has 0 bridgehead atoms. The Morgan fingerprint density at radius 2 is 2.43 bits per heavy atom. The molecule has 1 atom stereocenters. The standard InChI is InChI=1S/C11H15BrN2/c12-11-4-3-10(8-14-11)6-9-2-1-5-13-7-9/h3-4,8-9,13H,1-2,5-7H2/t9-/m1/s1. The molecule has 14 heavy (non-hydrogen) atoms. The zero-order valence-corrected chi connectivity index (χ0v) is 9.76. The fourth-order valence-electron chi connectivity index (χ4n) is 1.96. The Morgan fingerprint density at radius 1 is 1.50 bits per heavy atom. The molecule has 1 fully saturated rings. The van der Waals surface area contributed by atoms with E-state index in [2.05, 4.69) is 32.3 Å². The van der Waals surface area contributed by atoms with Crippen molar-refractivity contribution in [3.8, 4) is 0 Å². The number of nitrogens with one attached hydrogen (secondary N) is 1. The van der Waals surface area contributed by atoms with E-state index in [0.29, 0.717) is 0 Å². The lowest BCUT2D eigenvalue weighted by Gasteiger charge is -2.22. The van der Waals surface area contributed by atoms with Crippen LogP contribution in [0.1, 0.15) is 18.4 Å². The molecule has 0 saturated carbocycles. The van der Waals surface area contributed by atoms with Crippen LogP contribution in [0.2, 0.25) is 0 Å². The summed E-state index contributed by atoms with van der Waals surface area (Å²) in [6.45, 7) is 2.35. The number of aromatic nitrogens is 1. The summed E-state index contributed by atoms with van der Waals surface area (Å²) in [6, 6.07) is 4.18. The SMILES string of the molecule is Brc1ccc(C[C@H]2CCCNC2)cn1. The summed E-state index contributed by atoms with van der Waals surface area (Å²) in [4.78, 5) is 4.24. The molecule has 2 nitrogen and oxygen atoms in total. The highest BCUT2D eigenvalue weighted by atomic mass is 79.9. The van der Waals surface area contributed by atoms with Gasteiger partial charge in [0.15, 0.2) is 0 Å². The van der Waals surface area contributed by atoms with Crippen LogP contribution in [-0.4, -0.2) is 18.1 Å². The minimum absolute atomic E-state index is 0.798. The van der Waals surface area contributed by atoms with Crippen LogP contribution in [0.3, 0.4) is 0 Å². The van der Waals surface area contributed by atoms with Crippen LogP contribution < -0.4 is 5.32 Å². The summed E-state index contributed by atoms with van der Waals surface area (Å²) in [5.74, 6) is 0.798. The third-order valence-electron chi connectivity index (χ3n) is 2.71. The molecule has 3 heteroatoms. The highest BCUT2D eigenvalue weighted by Crippen LogP contribution is 2.16. The third-order valence-corrected chi connectivity index (χ3v) is 3.18. The van der Waals surface area contributed by atoms with Crippen LogP contribution in [0.5, 0.6) is 0 Å². The minimum atomic E-state index is 0.798. The van der Waals surface area contributed by atoms with Crippen molar-refractivity contribution in [3.63, 3.8) is 0 Å². The average Bonchev–Trinajstić information content (AvgIpc) is 2.23. The van der Waals surface area contributed by atoms with Gasteiger partial charge in [0.2, 0.25) is 0 Å². The molecule has 0 radical (unpaired) electrons. The van der Waals surface area contributed by atoms with Gasteiger partial charge >= 0.3 is 0 Å². The molecule has 76 valence electrons. The van der Waals surface area contributed by atoms with Crippen molar-refractivity contribution in [3.05, 3.63) is 28.5 Å². The Labute approximate surface area is 93.3 Å². The fraction of sp³-hybridized carbons (Fsp3) is 0.545. The normalized spacial score (nSPS) is 22.2. The summed E-state index contributed by atoms with van der Waals surface area (Å²) in [7, 11) is 0. The molecule has 2 heterocycles. The van der Waals surface area contributed by atoms with E-state index in [4.69, 9.17) is 0 Å². The highest BCUT2D eigenvalue weighted by Gasteiger charge is 2.13. The smallest absolute Gasteiger partial charge is 0.106 e. The van der Waals surface area contributed by atoms with Crippen LogP contribution in [0.15, 0.2) is 22.9 Å². The van der Waals surface area contributed by atoms with Gasteiger partial charge in [0.05, 0.1) is 0 Å². The zero-order valence-electron chi connectivity index (χ0n) is 8.17. The van der Waals surface area contributed by atoms with Gasteiger partial charge < -0.3 is 5.32 Å². The van der Waals surface area contributed by atoms with Crippen molar-refractivity contribution >= 4 is 15.9 Å². The Morgan fingerprint density at radius 3 is 3.07 bits per heavy atom. The largest absolute Gasteiger partial charge is 0.316 e. The van der Waals surface area contributed by atoms with Crippen LogP contribution in [0.25, 0.3) is 0 Å². The summed E-state index contributed by atoms with van der Waals surface area (Å²) in [5.41, 5.74) is 1.35. The molecular weight excluding hydrogens is 240 g/mol. The molecule has 1 aliphatic heterocycles. The van der Waals surface area contributed by atoms with E-state index in [1.807, 2.05) is 12.3 Å². The van der Waals surface area contributed by atoms with Crippen molar-refractivity contribution < 1.29 is 0 Å². The van der Waals surface area contributed by atoms with Gasteiger partial charge in [0.25, 0.3) is 0 Å². The van der Waals surface area contributed by atoms with Crippen LogP contribution >= 0.6 is 15.9 Å². The number of piperidine rings is 1. The molecule has 0 amide bonds. The number of rotatable bonds is 2. The number of hydrogen-bond donors (Lipinski definition) is 1. The van der Waals surface area contributed by atoms with Crippen molar-refractivity contribution in [2.75, 3.05) is 13.1 Å². The molecular formula is C11H15BrN2. The second-order valence-corrected chi connectivity index (χ2v) is 4.72. The van der Waals surface area contributed by atoms with Gasteiger partial charge in [-0.05, 0) is 65.8 Å². The number of halogens is 1. The molecule has 1 N–H and O–H groups in total. The van der Waals surface area contributed by atoms with Crippen molar-refractivity contribution in [2.45, 2.75) is 19.3 Å². The number of pyridine rings is 1. The second-order valence-electron chi connectivity index (χ2n) is 3.91. The summed E-state index contributed by atoms with van der Waals surface area (Å²) in [6.07, 6.45) is 5.80. The van der Waals surface area contributed by atoms with E-state index >= 15 is 0 Å². The quantitative estimate of drug-likeness (QED) is 0.821. The topological polar surface area (TPSA) is 24.9 Å². The Bertz CT molecular complexity index is 278. The number of nitrogens with zero attached hydrogens (tertiary/aromatic N) is 1. The van der Waals surface area contributed by atoms with E-state index in [1.165, 1.54) is 24.9 Å². The third kappa shape index (κ3) is 2.79. The van der Waals surface area contributed by atoms with Gasteiger partial charge in [-0.15, -0.1) is 0 Å². The summed E-state index contributed by atoms with van der Waals surface area (Å²) in [5, 5.41) is 3.44. The van der Waals surface area contributed by atoms with Crippen LogP contribution in [0, 0.1) is 5.92 Å². The summed E-state index contributed by atoms with van der Waals surface area (Å²) >= 11 is 3.35. The minimum Gasteiger partial charge on any atom is -0.316 e. The first-order valence-electron chi connectivity index (χ1n) is 5.16. The maximum absolute atomic E-state index is 4.24. The monoisotopic (exact) mass is 254 g/mol. The van der Waals surface area contributed by atoms with Gasteiger partial charge in [-0.1, -0.05) is 6.07 Å². The predicted octanol–water partition coefficient (Wildman–Crippen LogP) is 2.39. The second kappa shape index (κ2) is 4.89. The van der Waals surface area contributed by atoms with Gasteiger partial charge in [-0.3, -0.25) is 0 Å². The van der Waals surface area contributed by atoms with E-state index in [0.717, 1.165) is 23.5 Å². The highest BCUT2D eigenvalue weighted by molar-refractivity contribution is 9.10. The lowest BCUT2D eigenvalue weighted by Crippen LogP contribution is -2.30. The Kier molecular flexibility index (Phi) is 3.54. The molecule has 2 rings (SSSR count). The van der Waals surface area contributed by atoms with Gasteiger partial charge in [-0.2, -0.15) is 0 Å². The molecule has 1 aromatic heterocycles. The predicted molar refractivity (Wildman–Crippen MR) is 61.2 cm³/mol. The molecule has 0 aromatic carbocycles. The Hall–Kier alpha value is -0.410. The van der Waals surface area contributed by atoms with E-state index < -0.39 is 0 Å². The molecule has 0 spiro atoms. The molecule has 0 unspecified atom stereocenters. The number of hydrogen-bond acceptors (Lipinski definition) is 2.